The van der Waals surface area contributed by atoms with Gasteiger partial charge in [0, 0.05) is 17.9 Å². The van der Waals surface area contributed by atoms with Crippen LogP contribution in [0.2, 0.25) is 0 Å². The standard InChI is InChI=1S/C16H20N4O2S/c1-11-4-3-5-12(2)15(11)20-16-17-8-6-14(19-16)18-13-7-9-23(21,22)10-13/h3-6,8,13H,7,9-10H2,1-2H3,(H2,17,18,19,20). The van der Waals surface area contributed by atoms with Crippen molar-refractivity contribution in [3.05, 3.63) is 41.6 Å². The van der Waals surface area contributed by atoms with Crippen LogP contribution in [0.25, 0.3) is 0 Å². The third-order valence-electron chi connectivity index (χ3n) is 3.96. The zero-order valence-corrected chi connectivity index (χ0v) is 14.0. The fraction of sp³-hybridized carbons (Fsp3) is 0.375. The summed E-state index contributed by atoms with van der Waals surface area (Å²) in [6.45, 7) is 4.06. The van der Waals surface area contributed by atoms with Gasteiger partial charge in [-0.05, 0) is 37.5 Å². The smallest absolute Gasteiger partial charge is 0.229 e. The third-order valence-corrected chi connectivity index (χ3v) is 5.73. The summed E-state index contributed by atoms with van der Waals surface area (Å²) in [6, 6.07) is 7.74. The van der Waals surface area contributed by atoms with E-state index in [-0.39, 0.29) is 17.5 Å². The lowest BCUT2D eigenvalue weighted by atomic mass is 10.1. The first-order valence-corrected chi connectivity index (χ1v) is 9.38. The van der Waals surface area contributed by atoms with Gasteiger partial charge in [-0.1, -0.05) is 18.2 Å². The van der Waals surface area contributed by atoms with Gasteiger partial charge in [0.2, 0.25) is 5.95 Å². The number of hydrogen-bond donors (Lipinski definition) is 2. The summed E-state index contributed by atoms with van der Waals surface area (Å²) >= 11 is 0. The number of sulfone groups is 1. The van der Waals surface area contributed by atoms with Crippen molar-refractivity contribution in [1.29, 1.82) is 0 Å². The molecule has 0 aliphatic carbocycles. The summed E-state index contributed by atoms with van der Waals surface area (Å²) in [5.74, 6) is 1.53. The lowest BCUT2D eigenvalue weighted by Crippen LogP contribution is -2.21. The van der Waals surface area contributed by atoms with E-state index in [1.165, 1.54) is 0 Å². The van der Waals surface area contributed by atoms with Crippen LogP contribution in [0.15, 0.2) is 30.5 Å². The van der Waals surface area contributed by atoms with Crippen LogP contribution in [0.3, 0.4) is 0 Å². The lowest BCUT2D eigenvalue weighted by molar-refractivity contribution is 0.602. The number of anilines is 3. The Kier molecular flexibility index (Phi) is 4.21. The average Bonchev–Trinajstić information content (AvgIpc) is 2.82. The van der Waals surface area contributed by atoms with E-state index in [9.17, 15) is 8.42 Å². The molecule has 1 saturated heterocycles. The highest BCUT2D eigenvalue weighted by Gasteiger charge is 2.27. The van der Waals surface area contributed by atoms with Crippen LogP contribution in [0.1, 0.15) is 17.5 Å². The predicted molar refractivity (Wildman–Crippen MR) is 91.9 cm³/mol. The Balaban J connectivity index is 1.75. The monoisotopic (exact) mass is 332 g/mol. The molecule has 0 amide bonds. The molecule has 6 nitrogen and oxygen atoms in total. The number of aryl methyl sites for hydroxylation is 2. The van der Waals surface area contributed by atoms with E-state index in [2.05, 4.69) is 20.6 Å². The highest BCUT2D eigenvalue weighted by atomic mass is 32.2. The van der Waals surface area contributed by atoms with E-state index in [0.29, 0.717) is 18.2 Å². The zero-order valence-electron chi connectivity index (χ0n) is 13.2. The molecule has 122 valence electrons. The van der Waals surface area contributed by atoms with Crippen molar-refractivity contribution in [2.75, 3.05) is 22.1 Å². The van der Waals surface area contributed by atoms with Crippen LogP contribution in [0.5, 0.6) is 0 Å². The Morgan fingerprint density at radius 1 is 1.17 bits per heavy atom. The molecule has 2 aromatic rings. The van der Waals surface area contributed by atoms with Crippen molar-refractivity contribution in [3.63, 3.8) is 0 Å². The number of nitrogens with zero attached hydrogens (tertiary/aromatic N) is 2. The number of aromatic nitrogens is 2. The van der Waals surface area contributed by atoms with Crippen LogP contribution in [-0.4, -0.2) is 35.9 Å². The van der Waals surface area contributed by atoms with Crippen molar-refractivity contribution in [1.82, 2.24) is 9.97 Å². The summed E-state index contributed by atoms with van der Waals surface area (Å²) in [7, 11) is -2.91. The van der Waals surface area contributed by atoms with Gasteiger partial charge in [-0.2, -0.15) is 4.98 Å². The van der Waals surface area contributed by atoms with Crippen LogP contribution in [-0.2, 0) is 9.84 Å². The SMILES string of the molecule is Cc1cccc(C)c1Nc1nccc(NC2CCS(=O)(=O)C2)n1. The van der Waals surface area contributed by atoms with E-state index >= 15 is 0 Å². The Morgan fingerprint density at radius 2 is 1.91 bits per heavy atom. The largest absolute Gasteiger partial charge is 0.366 e. The molecule has 1 fully saturated rings. The second kappa shape index (κ2) is 6.16. The van der Waals surface area contributed by atoms with Crippen molar-refractivity contribution in [2.45, 2.75) is 26.3 Å². The van der Waals surface area contributed by atoms with Gasteiger partial charge < -0.3 is 10.6 Å². The van der Waals surface area contributed by atoms with Gasteiger partial charge in [-0.25, -0.2) is 13.4 Å². The Bertz CT molecular complexity index is 800. The first-order valence-electron chi connectivity index (χ1n) is 7.56. The van der Waals surface area contributed by atoms with Crippen LogP contribution in [0.4, 0.5) is 17.5 Å². The maximum absolute atomic E-state index is 11.5. The molecule has 1 aliphatic rings. The van der Waals surface area contributed by atoms with E-state index in [0.717, 1.165) is 16.8 Å². The molecule has 2 heterocycles. The second-order valence-corrected chi connectivity index (χ2v) is 8.13. The van der Waals surface area contributed by atoms with E-state index in [1.807, 2.05) is 32.0 Å². The van der Waals surface area contributed by atoms with Crippen LogP contribution >= 0.6 is 0 Å². The molecule has 1 aromatic carbocycles. The van der Waals surface area contributed by atoms with Gasteiger partial charge >= 0.3 is 0 Å². The minimum atomic E-state index is -2.91. The predicted octanol–water partition coefficient (Wildman–Crippen LogP) is 2.44. The molecule has 0 radical (unpaired) electrons. The van der Waals surface area contributed by atoms with Crippen molar-refractivity contribution in [3.8, 4) is 0 Å². The van der Waals surface area contributed by atoms with Gasteiger partial charge in [0.05, 0.1) is 11.5 Å². The average molecular weight is 332 g/mol. The highest BCUT2D eigenvalue weighted by molar-refractivity contribution is 7.91. The second-order valence-electron chi connectivity index (χ2n) is 5.90. The van der Waals surface area contributed by atoms with Crippen LogP contribution < -0.4 is 10.6 Å². The molecule has 1 atom stereocenters. The summed E-state index contributed by atoms with van der Waals surface area (Å²) in [5.41, 5.74) is 3.23. The normalized spacial score (nSPS) is 19.5. The fourth-order valence-electron chi connectivity index (χ4n) is 2.74. The number of benzene rings is 1. The molecule has 3 rings (SSSR count). The maximum Gasteiger partial charge on any atom is 0.229 e. The van der Waals surface area contributed by atoms with E-state index < -0.39 is 9.84 Å². The number of para-hydroxylation sites is 1. The van der Waals surface area contributed by atoms with Crippen molar-refractivity contribution >= 4 is 27.3 Å². The van der Waals surface area contributed by atoms with Gasteiger partial charge in [0.15, 0.2) is 9.84 Å². The number of nitrogens with one attached hydrogen (secondary N) is 2. The number of rotatable bonds is 4. The zero-order chi connectivity index (χ0) is 16.4. The molecule has 1 unspecified atom stereocenters. The minimum Gasteiger partial charge on any atom is -0.366 e. The van der Waals surface area contributed by atoms with Crippen molar-refractivity contribution in [2.24, 2.45) is 0 Å². The topological polar surface area (TPSA) is 84.0 Å². The van der Waals surface area contributed by atoms with Gasteiger partial charge in [-0.15, -0.1) is 0 Å². The molecule has 0 saturated carbocycles. The Labute approximate surface area is 136 Å². The molecule has 0 spiro atoms. The van der Waals surface area contributed by atoms with Gasteiger partial charge in [0.25, 0.3) is 0 Å². The summed E-state index contributed by atoms with van der Waals surface area (Å²) < 4.78 is 23.1. The minimum absolute atomic E-state index is 0.0806. The molecule has 2 N–H and O–H groups in total. The van der Waals surface area contributed by atoms with Gasteiger partial charge in [0.1, 0.15) is 5.82 Å². The lowest BCUT2D eigenvalue weighted by Gasteiger charge is -2.14. The summed E-state index contributed by atoms with van der Waals surface area (Å²) in [5, 5.41) is 6.42. The quantitative estimate of drug-likeness (QED) is 0.894. The van der Waals surface area contributed by atoms with Crippen LogP contribution in [0, 0.1) is 13.8 Å². The van der Waals surface area contributed by atoms with E-state index in [4.69, 9.17) is 0 Å². The molecule has 1 aromatic heterocycles. The molecule has 7 heteroatoms. The molecular formula is C16H20N4O2S. The fourth-order valence-corrected chi connectivity index (χ4v) is 4.41. The van der Waals surface area contributed by atoms with E-state index in [1.54, 1.807) is 12.3 Å². The third kappa shape index (κ3) is 3.79. The summed E-state index contributed by atoms with van der Waals surface area (Å²) in [6.07, 6.45) is 2.28. The molecule has 23 heavy (non-hydrogen) atoms. The van der Waals surface area contributed by atoms with Crippen molar-refractivity contribution < 1.29 is 8.42 Å². The highest BCUT2D eigenvalue weighted by Crippen LogP contribution is 2.23. The maximum atomic E-state index is 11.5. The van der Waals surface area contributed by atoms with Gasteiger partial charge in [-0.3, -0.25) is 0 Å². The molecular weight excluding hydrogens is 312 g/mol. The Morgan fingerprint density at radius 3 is 2.57 bits per heavy atom. The summed E-state index contributed by atoms with van der Waals surface area (Å²) in [4.78, 5) is 8.67. The number of hydrogen-bond acceptors (Lipinski definition) is 6. The molecule has 0 bridgehead atoms. The first-order chi connectivity index (χ1) is 10.9. The first kappa shape index (κ1) is 15.7. The Hall–Kier alpha value is -2.15. The molecule has 1 aliphatic heterocycles.